The van der Waals surface area contributed by atoms with Crippen LogP contribution in [0.25, 0.3) is 0 Å². The molecule has 1 fully saturated rings. The largest absolute Gasteiger partial charge is 0.341 e. The quantitative estimate of drug-likeness (QED) is 0.856. The molecule has 0 aromatic carbocycles. The number of amides is 2. The predicted molar refractivity (Wildman–Crippen MR) is 99.9 cm³/mol. The van der Waals surface area contributed by atoms with Crippen LogP contribution in [0.3, 0.4) is 0 Å². The number of carbonyl (C=O) groups is 2. The number of nitrogens with one attached hydrogen (secondary N) is 1. The van der Waals surface area contributed by atoms with Crippen molar-refractivity contribution in [3.05, 3.63) is 48.1 Å². The molecule has 7 nitrogen and oxygen atoms in total. The van der Waals surface area contributed by atoms with E-state index in [9.17, 15) is 14.0 Å². The Morgan fingerprint density at radius 2 is 2.04 bits per heavy atom. The molecule has 1 saturated heterocycles. The number of aromatic nitrogens is 3. The molecule has 2 aliphatic heterocycles. The van der Waals surface area contributed by atoms with Gasteiger partial charge >= 0.3 is 0 Å². The van der Waals surface area contributed by atoms with Gasteiger partial charge in [-0.15, -0.1) is 0 Å². The minimum atomic E-state index is -0.483. The second-order valence-corrected chi connectivity index (χ2v) is 7.68. The van der Waals surface area contributed by atoms with Crippen LogP contribution in [0.4, 0.5) is 4.39 Å². The average Bonchev–Trinajstić information content (AvgIpc) is 3.24. The first kappa shape index (κ1) is 18.6. The first-order chi connectivity index (χ1) is 13.5. The summed E-state index contributed by atoms with van der Waals surface area (Å²) in [6.07, 6.45) is 7.03. The third kappa shape index (κ3) is 2.96. The average molecular weight is 385 g/mol. The molecule has 0 bridgehead atoms. The lowest BCUT2D eigenvalue weighted by molar-refractivity contribution is -0.146. The maximum atomic E-state index is 13.0. The fraction of sp³-hybridized carbons (Fsp3) is 0.500. The van der Waals surface area contributed by atoms with Crippen LogP contribution in [0.5, 0.6) is 0 Å². The summed E-state index contributed by atoms with van der Waals surface area (Å²) in [5.41, 5.74) is -0.0542. The molecule has 1 unspecified atom stereocenters. The van der Waals surface area contributed by atoms with Crippen molar-refractivity contribution < 1.29 is 14.0 Å². The molecular weight excluding hydrogens is 361 g/mol. The third-order valence-electron chi connectivity index (χ3n) is 5.96. The van der Waals surface area contributed by atoms with Crippen LogP contribution in [0.15, 0.2) is 30.7 Å². The van der Waals surface area contributed by atoms with Gasteiger partial charge in [0.2, 0.25) is 5.91 Å². The fourth-order valence-electron chi connectivity index (χ4n) is 4.40. The number of hydrogen-bond donors (Lipinski definition) is 1. The number of rotatable bonds is 5. The highest BCUT2D eigenvalue weighted by Crippen LogP contribution is 2.45. The van der Waals surface area contributed by atoms with Crippen LogP contribution < -0.4 is 5.32 Å². The lowest BCUT2D eigenvalue weighted by atomic mass is 9.84. The van der Waals surface area contributed by atoms with E-state index in [4.69, 9.17) is 0 Å². The summed E-state index contributed by atoms with van der Waals surface area (Å²) in [5, 5.41) is 2.96. The molecule has 1 atom stereocenters. The van der Waals surface area contributed by atoms with E-state index < -0.39 is 5.82 Å². The van der Waals surface area contributed by atoms with E-state index in [0.717, 1.165) is 24.9 Å². The summed E-state index contributed by atoms with van der Waals surface area (Å²) >= 11 is 0. The smallest absolute Gasteiger partial charge is 0.270 e. The van der Waals surface area contributed by atoms with E-state index in [2.05, 4.69) is 19.9 Å². The normalized spacial score (nSPS) is 19.6. The van der Waals surface area contributed by atoms with E-state index in [0.29, 0.717) is 19.5 Å². The van der Waals surface area contributed by atoms with Gasteiger partial charge in [0.1, 0.15) is 17.3 Å². The van der Waals surface area contributed by atoms with Crippen LogP contribution in [-0.2, 0) is 10.3 Å². The van der Waals surface area contributed by atoms with Gasteiger partial charge in [-0.3, -0.25) is 9.59 Å². The Kier molecular flexibility index (Phi) is 4.64. The first-order valence-corrected chi connectivity index (χ1v) is 9.72. The number of hydrogen-bond acceptors (Lipinski definition) is 4. The Morgan fingerprint density at radius 3 is 2.68 bits per heavy atom. The second-order valence-electron chi connectivity index (χ2n) is 7.68. The van der Waals surface area contributed by atoms with Gasteiger partial charge in [-0.1, -0.05) is 13.8 Å². The van der Waals surface area contributed by atoms with Gasteiger partial charge in [0.05, 0.1) is 17.8 Å². The highest BCUT2D eigenvalue weighted by Gasteiger charge is 2.54. The van der Waals surface area contributed by atoms with E-state index in [-0.39, 0.29) is 35.0 Å². The Labute approximate surface area is 163 Å². The van der Waals surface area contributed by atoms with Gasteiger partial charge in [0, 0.05) is 37.8 Å². The number of imidazole rings is 1. The third-order valence-corrected chi connectivity index (χ3v) is 5.96. The van der Waals surface area contributed by atoms with Crippen molar-refractivity contribution in [2.24, 2.45) is 5.92 Å². The van der Waals surface area contributed by atoms with Crippen molar-refractivity contribution in [2.75, 3.05) is 13.1 Å². The van der Waals surface area contributed by atoms with Crippen molar-refractivity contribution in [3.63, 3.8) is 0 Å². The minimum Gasteiger partial charge on any atom is -0.341 e. The van der Waals surface area contributed by atoms with E-state index in [1.165, 1.54) is 12.1 Å². The molecule has 0 aliphatic carbocycles. The standard InChI is InChI=1S/C20H24FN5O2/c1-3-13(4-2)19(28)25-11-20(12-25)9-16(17-22-7-8-26(17)20)24-18(27)15-6-5-14(21)10-23-15/h5-8,10,13,16H,3-4,9,11-12H2,1-2H3,(H,24,27). The molecule has 148 valence electrons. The minimum absolute atomic E-state index is 0.0704. The summed E-state index contributed by atoms with van der Waals surface area (Å²) in [4.78, 5) is 35.3. The Hall–Kier alpha value is -2.77. The summed E-state index contributed by atoms with van der Waals surface area (Å²) < 4.78 is 15.1. The van der Waals surface area contributed by atoms with Gasteiger partial charge < -0.3 is 14.8 Å². The van der Waals surface area contributed by atoms with E-state index in [1.54, 1.807) is 6.20 Å². The Morgan fingerprint density at radius 1 is 1.29 bits per heavy atom. The van der Waals surface area contributed by atoms with Gasteiger partial charge in [-0.05, 0) is 25.0 Å². The highest BCUT2D eigenvalue weighted by atomic mass is 19.1. The molecule has 0 saturated carbocycles. The van der Waals surface area contributed by atoms with E-state index in [1.807, 2.05) is 24.9 Å². The summed E-state index contributed by atoms with van der Waals surface area (Å²) in [6, 6.07) is 2.31. The fourth-order valence-corrected chi connectivity index (χ4v) is 4.40. The second kappa shape index (κ2) is 7.00. The molecule has 0 radical (unpaired) electrons. The molecule has 2 amide bonds. The van der Waals surface area contributed by atoms with Crippen LogP contribution in [-0.4, -0.2) is 44.3 Å². The number of halogens is 1. The molecule has 2 aromatic heterocycles. The lowest BCUT2D eigenvalue weighted by Gasteiger charge is -2.50. The Bertz CT molecular complexity index is 884. The van der Waals surface area contributed by atoms with Crippen LogP contribution in [0.1, 0.15) is 55.5 Å². The molecule has 2 aromatic rings. The zero-order valence-corrected chi connectivity index (χ0v) is 16.1. The van der Waals surface area contributed by atoms with Crippen LogP contribution in [0.2, 0.25) is 0 Å². The summed E-state index contributed by atoms with van der Waals surface area (Å²) in [5.74, 6) is 0.218. The maximum Gasteiger partial charge on any atom is 0.270 e. The van der Waals surface area contributed by atoms with Crippen LogP contribution >= 0.6 is 0 Å². The van der Waals surface area contributed by atoms with Crippen molar-refractivity contribution in [3.8, 4) is 0 Å². The predicted octanol–water partition coefficient (Wildman–Crippen LogP) is 2.27. The zero-order valence-electron chi connectivity index (χ0n) is 16.1. The highest BCUT2D eigenvalue weighted by molar-refractivity contribution is 5.92. The zero-order chi connectivity index (χ0) is 19.9. The van der Waals surface area contributed by atoms with Gasteiger partial charge in [-0.2, -0.15) is 0 Å². The summed E-state index contributed by atoms with van der Waals surface area (Å²) in [6.45, 7) is 5.35. The molecule has 4 heterocycles. The van der Waals surface area contributed by atoms with Gasteiger partial charge in [-0.25, -0.2) is 14.4 Å². The van der Waals surface area contributed by atoms with Crippen molar-refractivity contribution in [1.29, 1.82) is 0 Å². The molecule has 28 heavy (non-hydrogen) atoms. The first-order valence-electron chi connectivity index (χ1n) is 9.72. The topological polar surface area (TPSA) is 80.1 Å². The number of nitrogens with zero attached hydrogens (tertiary/aromatic N) is 4. The monoisotopic (exact) mass is 385 g/mol. The van der Waals surface area contributed by atoms with E-state index >= 15 is 0 Å². The maximum absolute atomic E-state index is 13.0. The molecule has 2 aliphatic rings. The summed E-state index contributed by atoms with van der Waals surface area (Å²) in [7, 11) is 0. The van der Waals surface area contributed by atoms with Gasteiger partial charge in [0.25, 0.3) is 5.91 Å². The van der Waals surface area contributed by atoms with Crippen molar-refractivity contribution in [2.45, 2.75) is 44.7 Å². The van der Waals surface area contributed by atoms with Crippen molar-refractivity contribution >= 4 is 11.8 Å². The SMILES string of the molecule is CCC(CC)C(=O)N1CC2(CC(NC(=O)c3ccc(F)cn3)c3nccn32)C1. The number of fused-ring (bicyclic) bond motifs is 2. The Balaban J connectivity index is 1.47. The molecule has 1 N–H and O–H groups in total. The molecule has 8 heteroatoms. The lowest BCUT2D eigenvalue weighted by Crippen LogP contribution is -2.64. The van der Waals surface area contributed by atoms with Crippen molar-refractivity contribution in [1.82, 2.24) is 24.8 Å². The van der Waals surface area contributed by atoms with Gasteiger partial charge in [0.15, 0.2) is 0 Å². The molecule has 1 spiro atoms. The molecule has 4 rings (SSSR count). The number of carbonyl (C=O) groups excluding carboxylic acids is 2. The molecular formula is C20H24FN5O2. The number of pyridine rings is 1. The van der Waals surface area contributed by atoms with Crippen LogP contribution in [0, 0.1) is 11.7 Å². The number of likely N-dealkylation sites (tertiary alicyclic amines) is 1.